The van der Waals surface area contributed by atoms with E-state index in [0.717, 1.165) is 30.4 Å². The van der Waals surface area contributed by atoms with Gasteiger partial charge in [-0.2, -0.15) is 0 Å². The zero-order chi connectivity index (χ0) is 19.4. The summed E-state index contributed by atoms with van der Waals surface area (Å²) in [6, 6.07) is 12.9. The molecule has 0 unspecified atom stereocenters. The van der Waals surface area contributed by atoms with E-state index in [-0.39, 0.29) is 12.0 Å². The lowest BCUT2D eigenvalue weighted by Gasteiger charge is -2.33. The number of piperidine rings is 1. The third-order valence-corrected chi connectivity index (χ3v) is 4.90. The smallest absolute Gasteiger partial charge is 0.255 e. The molecule has 1 aliphatic heterocycles. The topological polar surface area (TPSA) is 67.6 Å². The molecule has 1 aliphatic rings. The number of nitrogens with two attached hydrogens (primary N) is 1. The fourth-order valence-corrected chi connectivity index (χ4v) is 3.33. The van der Waals surface area contributed by atoms with Crippen LogP contribution in [-0.4, -0.2) is 25.1 Å². The van der Waals surface area contributed by atoms with E-state index in [4.69, 9.17) is 10.5 Å². The molecule has 1 saturated heterocycles. The molecule has 0 aromatic heterocycles. The Bertz CT molecular complexity index is 779. The zero-order valence-corrected chi connectivity index (χ0v) is 16.4. The number of hydrogen-bond acceptors (Lipinski definition) is 4. The van der Waals surface area contributed by atoms with E-state index in [1.807, 2.05) is 44.2 Å². The minimum atomic E-state index is -0.162. The molecule has 0 saturated carbocycles. The van der Waals surface area contributed by atoms with Crippen molar-refractivity contribution in [3.8, 4) is 5.75 Å². The summed E-state index contributed by atoms with van der Waals surface area (Å²) in [5, 5.41) is 2.92. The van der Waals surface area contributed by atoms with Gasteiger partial charge in [-0.15, -0.1) is 0 Å². The Labute approximate surface area is 161 Å². The third kappa shape index (κ3) is 4.94. The molecule has 2 aromatic rings. The summed E-state index contributed by atoms with van der Waals surface area (Å²) in [5.41, 5.74) is 9.29. The molecular weight excluding hydrogens is 338 g/mol. The summed E-state index contributed by atoms with van der Waals surface area (Å²) in [6.45, 7) is 8.29. The highest BCUT2D eigenvalue weighted by molar-refractivity contribution is 6.04. The van der Waals surface area contributed by atoms with Crippen LogP contribution in [-0.2, 0) is 0 Å². The number of rotatable bonds is 5. The van der Waals surface area contributed by atoms with Crippen molar-refractivity contribution < 1.29 is 9.53 Å². The van der Waals surface area contributed by atoms with Crippen molar-refractivity contribution in [2.24, 2.45) is 5.92 Å². The lowest BCUT2D eigenvalue weighted by atomic mass is 9.98. The number of hydrogen-bond donors (Lipinski definition) is 2. The van der Waals surface area contributed by atoms with Gasteiger partial charge < -0.3 is 20.7 Å². The van der Waals surface area contributed by atoms with Crippen molar-refractivity contribution in [1.82, 2.24) is 0 Å². The van der Waals surface area contributed by atoms with Crippen molar-refractivity contribution in [2.75, 3.05) is 29.0 Å². The van der Waals surface area contributed by atoms with E-state index >= 15 is 0 Å². The molecule has 5 nitrogen and oxygen atoms in total. The molecule has 0 spiro atoms. The predicted octanol–water partition coefficient (Wildman–Crippen LogP) is 4.54. The van der Waals surface area contributed by atoms with Crippen molar-refractivity contribution in [3.63, 3.8) is 0 Å². The lowest BCUT2D eigenvalue weighted by Crippen LogP contribution is -2.33. The lowest BCUT2D eigenvalue weighted by molar-refractivity contribution is 0.102. The average Bonchev–Trinajstić information content (AvgIpc) is 2.63. The monoisotopic (exact) mass is 367 g/mol. The second kappa shape index (κ2) is 8.33. The molecule has 0 atom stereocenters. The van der Waals surface area contributed by atoms with Gasteiger partial charge in [-0.3, -0.25) is 4.79 Å². The van der Waals surface area contributed by atoms with E-state index in [2.05, 4.69) is 17.1 Å². The maximum absolute atomic E-state index is 12.5. The molecule has 144 valence electrons. The van der Waals surface area contributed by atoms with Crippen LogP contribution in [0.1, 0.15) is 44.0 Å². The van der Waals surface area contributed by atoms with Gasteiger partial charge >= 0.3 is 0 Å². The van der Waals surface area contributed by atoms with Crippen LogP contribution in [0.25, 0.3) is 0 Å². The SMILES string of the molecule is CC1CCN(c2ccc(NC(=O)c3ccc(OC(C)C)cc3)cc2N)CC1. The summed E-state index contributed by atoms with van der Waals surface area (Å²) in [4.78, 5) is 14.8. The Kier molecular flexibility index (Phi) is 5.89. The first kappa shape index (κ1) is 19.1. The van der Waals surface area contributed by atoms with Crippen LogP contribution in [0, 0.1) is 5.92 Å². The van der Waals surface area contributed by atoms with E-state index in [0.29, 0.717) is 16.9 Å². The summed E-state index contributed by atoms with van der Waals surface area (Å²) in [5.74, 6) is 1.37. The maximum Gasteiger partial charge on any atom is 0.255 e. The number of carbonyl (C=O) groups is 1. The fourth-order valence-electron chi connectivity index (χ4n) is 3.33. The van der Waals surface area contributed by atoms with E-state index in [1.54, 1.807) is 12.1 Å². The van der Waals surface area contributed by atoms with E-state index < -0.39 is 0 Å². The highest BCUT2D eigenvalue weighted by Crippen LogP contribution is 2.30. The number of nitrogens with zero attached hydrogens (tertiary/aromatic N) is 1. The Balaban J connectivity index is 1.65. The number of benzene rings is 2. The molecule has 3 rings (SSSR count). The fraction of sp³-hybridized carbons (Fsp3) is 0.409. The van der Waals surface area contributed by atoms with Gasteiger partial charge in [-0.25, -0.2) is 0 Å². The zero-order valence-electron chi connectivity index (χ0n) is 16.4. The highest BCUT2D eigenvalue weighted by atomic mass is 16.5. The molecule has 0 bridgehead atoms. The van der Waals surface area contributed by atoms with Crippen molar-refractivity contribution in [2.45, 2.75) is 39.7 Å². The van der Waals surface area contributed by atoms with Crippen molar-refractivity contribution in [3.05, 3.63) is 48.0 Å². The first-order chi connectivity index (χ1) is 12.9. The molecule has 5 heteroatoms. The second-order valence-electron chi connectivity index (χ2n) is 7.59. The summed E-state index contributed by atoms with van der Waals surface area (Å²) in [7, 11) is 0. The second-order valence-corrected chi connectivity index (χ2v) is 7.59. The molecule has 1 heterocycles. The van der Waals surface area contributed by atoms with Crippen LogP contribution in [0.2, 0.25) is 0 Å². The van der Waals surface area contributed by atoms with Crippen molar-refractivity contribution >= 4 is 23.0 Å². The van der Waals surface area contributed by atoms with Crippen LogP contribution in [0.15, 0.2) is 42.5 Å². The predicted molar refractivity (Wildman–Crippen MR) is 112 cm³/mol. The van der Waals surface area contributed by atoms with E-state index in [1.165, 1.54) is 12.8 Å². The molecular formula is C22H29N3O2. The molecule has 1 amide bonds. The van der Waals surface area contributed by atoms with Crippen LogP contribution in [0.5, 0.6) is 5.75 Å². The molecule has 2 aromatic carbocycles. The highest BCUT2D eigenvalue weighted by Gasteiger charge is 2.18. The van der Waals surface area contributed by atoms with Gasteiger partial charge in [0.05, 0.1) is 17.5 Å². The Morgan fingerprint density at radius 3 is 2.41 bits per heavy atom. The molecule has 0 aliphatic carbocycles. The minimum absolute atomic E-state index is 0.106. The summed E-state index contributed by atoms with van der Waals surface area (Å²) < 4.78 is 5.61. The Morgan fingerprint density at radius 2 is 1.81 bits per heavy atom. The largest absolute Gasteiger partial charge is 0.491 e. The minimum Gasteiger partial charge on any atom is -0.491 e. The molecule has 1 fully saturated rings. The van der Waals surface area contributed by atoms with Gasteiger partial charge in [0.25, 0.3) is 5.91 Å². The molecule has 27 heavy (non-hydrogen) atoms. The number of nitrogen functional groups attached to an aromatic ring is 1. The number of amides is 1. The van der Waals surface area contributed by atoms with E-state index in [9.17, 15) is 4.79 Å². The quantitative estimate of drug-likeness (QED) is 0.761. The van der Waals surface area contributed by atoms with Gasteiger partial charge in [-0.1, -0.05) is 6.92 Å². The van der Waals surface area contributed by atoms with Gasteiger partial charge in [0, 0.05) is 24.3 Å². The van der Waals surface area contributed by atoms with Gasteiger partial charge in [0.2, 0.25) is 0 Å². The number of ether oxygens (including phenoxy) is 1. The maximum atomic E-state index is 12.5. The normalized spacial score (nSPS) is 15.0. The van der Waals surface area contributed by atoms with Crippen LogP contribution < -0.4 is 20.7 Å². The Morgan fingerprint density at radius 1 is 1.15 bits per heavy atom. The average molecular weight is 367 g/mol. The number of carbonyl (C=O) groups excluding carboxylic acids is 1. The standard InChI is InChI=1S/C22H29N3O2/c1-15(2)27-19-7-4-17(5-8-19)22(26)24-18-6-9-21(20(23)14-18)25-12-10-16(3)11-13-25/h4-9,14-16H,10-13,23H2,1-3H3,(H,24,26). The Hall–Kier alpha value is -2.69. The summed E-state index contributed by atoms with van der Waals surface area (Å²) >= 11 is 0. The first-order valence-corrected chi connectivity index (χ1v) is 9.65. The number of anilines is 3. The summed E-state index contributed by atoms with van der Waals surface area (Å²) in [6.07, 6.45) is 2.48. The number of nitrogens with one attached hydrogen (secondary N) is 1. The van der Waals surface area contributed by atoms with Gasteiger partial charge in [0.1, 0.15) is 5.75 Å². The van der Waals surface area contributed by atoms with Crippen LogP contribution in [0.4, 0.5) is 17.1 Å². The molecule has 3 N–H and O–H groups in total. The molecule has 0 radical (unpaired) electrons. The van der Waals surface area contributed by atoms with Crippen LogP contribution >= 0.6 is 0 Å². The third-order valence-electron chi connectivity index (χ3n) is 4.90. The van der Waals surface area contributed by atoms with Gasteiger partial charge in [0.15, 0.2) is 0 Å². The van der Waals surface area contributed by atoms with Gasteiger partial charge in [-0.05, 0) is 75.1 Å². The van der Waals surface area contributed by atoms with Crippen molar-refractivity contribution in [1.29, 1.82) is 0 Å². The first-order valence-electron chi connectivity index (χ1n) is 9.65. The van der Waals surface area contributed by atoms with Crippen LogP contribution in [0.3, 0.4) is 0 Å².